The van der Waals surface area contributed by atoms with Crippen LogP contribution in [0.2, 0.25) is 5.02 Å². The molecule has 18 heavy (non-hydrogen) atoms. The maximum absolute atomic E-state index is 5.87. The number of rotatable bonds is 4. The fraction of sp³-hybridized carbons (Fsp3) is 0.154. The van der Waals surface area contributed by atoms with Crippen LogP contribution in [0.4, 0.5) is 0 Å². The van der Waals surface area contributed by atoms with E-state index in [-0.39, 0.29) is 6.10 Å². The number of nitrogens with two attached hydrogens (primary N) is 1. The predicted octanol–water partition coefficient (Wildman–Crippen LogP) is 3.58. The second-order valence-electron chi connectivity index (χ2n) is 3.70. The number of nitrogens with zero attached hydrogens (tertiary/aromatic N) is 1. The van der Waals surface area contributed by atoms with Gasteiger partial charge in [-0.15, -0.1) is 0 Å². The third-order valence-corrected chi connectivity index (χ3v) is 3.35. The van der Waals surface area contributed by atoms with Gasteiger partial charge in [0.05, 0.1) is 11.2 Å². The van der Waals surface area contributed by atoms with Crippen molar-refractivity contribution in [3.05, 3.63) is 57.8 Å². The van der Waals surface area contributed by atoms with Crippen molar-refractivity contribution < 1.29 is 4.74 Å². The van der Waals surface area contributed by atoms with Crippen LogP contribution in [0.25, 0.3) is 0 Å². The Hall–Kier alpha value is -1.10. The zero-order chi connectivity index (χ0) is 13.0. The van der Waals surface area contributed by atoms with E-state index >= 15 is 0 Å². The molecule has 0 amide bonds. The first-order chi connectivity index (χ1) is 8.70. The molecule has 5 heteroatoms. The number of hydrogen-bond donors (Lipinski definition) is 1. The molecule has 0 aliphatic carbocycles. The standard InChI is InChI=1S/C13H12BrClN2O/c14-12-4-2-1-3-11(12)13(6-16)18-10-5-9(15)7-17-8-10/h1-5,7-8,13H,6,16H2. The Morgan fingerprint density at radius 3 is 2.78 bits per heavy atom. The molecule has 2 N–H and O–H groups in total. The van der Waals surface area contributed by atoms with E-state index in [1.165, 1.54) is 0 Å². The lowest BCUT2D eigenvalue weighted by molar-refractivity contribution is 0.212. The van der Waals surface area contributed by atoms with Crippen LogP contribution in [0.3, 0.4) is 0 Å². The molecule has 0 radical (unpaired) electrons. The quantitative estimate of drug-likeness (QED) is 0.934. The molecule has 2 aromatic rings. The fourth-order valence-corrected chi connectivity index (χ4v) is 2.30. The lowest BCUT2D eigenvalue weighted by Crippen LogP contribution is -2.19. The number of aromatic nitrogens is 1. The zero-order valence-electron chi connectivity index (χ0n) is 9.51. The second-order valence-corrected chi connectivity index (χ2v) is 4.99. The van der Waals surface area contributed by atoms with Gasteiger partial charge in [-0.25, -0.2) is 0 Å². The van der Waals surface area contributed by atoms with Crippen molar-refractivity contribution in [3.8, 4) is 5.75 Å². The molecule has 0 saturated heterocycles. The van der Waals surface area contributed by atoms with Crippen LogP contribution in [0.5, 0.6) is 5.75 Å². The van der Waals surface area contributed by atoms with Gasteiger partial charge in [0.25, 0.3) is 0 Å². The molecule has 1 aromatic carbocycles. The van der Waals surface area contributed by atoms with Gasteiger partial charge in [-0.3, -0.25) is 4.98 Å². The minimum atomic E-state index is -0.235. The molecule has 0 bridgehead atoms. The van der Waals surface area contributed by atoms with Gasteiger partial charge in [-0.05, 0) is 6.07 Å². The molecule has 1 heterocycles. The van der Waals surface area contributed by atoms with Gasteiger partial charge in [0.2, 0.25) is 0 Å². The zero-order valence-corrected chi connectivity index (χ0v) is 11.9. The topological polar surface area (TPSA) is 48.1 Å². The summed E-state index contributed by atoms with van der Waals surface area (Å²) in [5, 5.41) is 0.537. The van der Waals surface area contributed by atoms with E-state index in [0.29, 0.717) is 17.3 Å². The Kier molecular flexibility index (Phi) is 4.58. The minimum absolute atomic E-state index is 0.235. The van der Waals surface area contributed by atoms with E-state index in [9.17, 15) is 0 Å². The Labute approximate surface area is 119 Å². The SMILES string of the molecule is NCC(Oc1cncc(Cl)c1)c1ccccc1Br. The Morgan fingerprint density at radius 1 is 1.33 bits per heavy atom. The van der Waals surface area contributed by atoms with E-state index in [4.69, 9.17) is 22.1 Å². The summed E-state index contributed by atoms with van der Waals surface area (Å²) in [6.07, 6.45) is 2.94. The van der Waals surface area contributed by atoms with Crippen LogP contribution in [0.15, 0.2) is 47.2 Å². The van der Waals surface area contributed by atoms with Crippen LogP contribution in [0, 0.1) is 0 Å². The summed E-state index contributed by atoms with van der Waals surface area (Å²) >= 11 is 9.35. The Balaban J connectivity index is 2.23. The number of hydrogen-bond acceptors (Lipinski definition) is 3. The third-order valence-electron chi connectivity index (χ3n) is 2.42. The largest absolute Gasteiger partial charge is 0.483 e. The molecule has 0 fully saturated rings. The third kappa shape index (κ3) is 3.22. The molecule has 2 rings (SSSR count). The average Bonchev–Trinajstić information content (AvgIpc) is 2.37. The van der Waals surface area contributed by atoms with Gasteiger partial charge >= 0.3 is 0 Å². The van der Waals surface area contributed by atoms with Gasteiger partial charge in [0.15, 0.2) is 0 Å². The highest BCUT2D eigenvalue weighted by atomic mass is 79.9. The summed E-state index contributed by atoms with van der Waals surface area (Å²) in [5.41, 5.74) is 6.76. The van der Waals surface area contributed by atoms with E-state index in [1.54, 1.807) is 18.5 Å². The molecule has 0 saturated carbocycles. The molecular formula is C13H12BrClN2O. The summed E-state index contributed by atoms with van der Waals surface area (Å²) < 4.78 is 6.78. The van der Waals surface area contributed by atoms with Crippen LogP contribution in [-0.2, 0) is 0 Å². The van der Waals surface area contributed by atoms with Crippen LogP contribution in [-0.4, -0.2) is 11.5 Å². The molecular weight excluding hydrogens is 316 g/mol. The van der Waals surface area contributed by atoms with E-state index < -0.39 is 0 Å². The van der Waals surface area contributed by atoms with Crippen molar-refractivity contribution in [2.45, 2.75) is 6.10 Å². The monoisotopic (exact) mass is 326 g/mol. The van der Waals surface area contributed by atoms with Crippen molar-refractivity contribution in [1.82, 2.24) is 4.98 Å². The molecule has 3 nitrogen and oxygen atoms in total. The van der Waals surface area contributed by atoms with Crippen molar-refractivity contribution in [1.29, 1.82) is 0 Å². The molecule has 0 spiro atoms. The maximum Gasteiger partial charge on any atom is 0.140 e. The van der Waals surface area contributed by atoms with Gasteiger partial charge in [-0.1, -0.05) is 45.7 Å². The summed E-state index contributed by atoms with van der Waals surface area (Å²) in [4.78, 5) is 3.98. The predicted molar refractivity (Wildman–Crippen MR) is 75.8 cm³/mol. The van der Waals surface area contributed by atoms with Crippen molar-refractivity contribution in [2.75, 3.05) is 6.54 Å². The van der Waals surface area contributed by atoms with E-state index in [2.05, 4.69) is 20.9 Å². The number of ether oxygens (including phenoxy) is 1. The van der Waals surface area contributed by atoms with Crippen molar-refractivity contribution >= 4 is 27.5 Å². The molecule has 0 aliphatic heterocycles. The normalized spacial score (nSPS) is 12.2. The van der Waals surface area contributed by atoms with Gasteiger partial charge < -0.3 is 10.5 Å². The highest BCUT2D eigenvalue weighted by Gasteiger charge is 2.14. The van der Waals surface area contributed by atoms with E-state index in [1.807, 2.05) is 24.3 Å². The van der Waals surface area contributed by atoms with Gasteiger partial charge in [-0.2, -0.15) is 0 Å². The summed E-state index contributed by atoms with van der Waals surface area (Å²) in [5.74, 6) is 0.605. The second kappa shape index (κ2) is 6.18. The molecule has 94 valence electrons. The lowest BCUT2D eigenvalue weighted by atomic mass is 10.1. The van der Waals surface area contributed by atoms with Crippen LogP contribution >= 0.6 is 27.5 Å². The minimum Gasteiger partial charge on any atom is -0.483 e. The van der Waals surface area contributed by atoms with Crippen LogP contribution < -0.4 is 10.5 Å². The lowest BCUT2D eigenvalue weighted by Gasteiger charge is -2.18. The number of benzene rings is 1. The highest BCUT2D eigenvalue weighted by molar-refractivity contribution is 9.10. The first kappa shape index (κ1) is 13.3. The molecule has 1 atom stereocenters. The van der Waals surface area contributed by atoms with Crippen LogP contribution in [0.1, 0.15) is 11.7 Å². The first-order valence-corrected chi connectivity index (χ1v) is 6.59. The molecule has 0 aliphatic rings. The highest BCUT2D eigenvalue weighted by Crippen LogP contribution is 2.27. The maximum atomic E-state index is 5.87. The summed E-state index contributed by atoms with van der Waals surface area (Å²) in [7, 11) is 0. The van der Waals surface area contributed by atoms with Crippen molar-refractivity contribution in [3.63, 3.8) is 0 Å². The summed E-state index contributed by atoms with van der Waals surface area (Å²) in [6, 6.07) is 9.54. The first-order valence-electron chi connectivity index (χ1n) is 5.42. The Bertz CT molecular complexity index is 536. The molecule has 1 aromatic heterocycles. The number of halogens is 2. The number of pyridine rings is 1. The summed E-state index contributed by atoms with van der Waals surface area (Å²) in [6.45, 7) is 0.370. The van der Waals surface area contributed by atoms with Gasteiger partial charge in [0.1, 0.15) is 11.9 Å². The van der Waals surface area contributed by atoms with Gasteiger partial charge in [0, 0.05) is 28.8 Å². The Morgan fingerprint density at radius 2 is 2.11 bits per heavy atom. The molecule has 1 unspecified atom stereocenters. The van der Waals surface area contributed by atoms with Crippen molar-refractivity contribution in [2.24, 2.45) is 5.73 Å². The average molecular weight is 328 g/mol. The fourth-order valence-electron chi connectivity index (χ4n) is 1.60. The van der Waals surface area contributed by atoms with E-state index in [0.717, 1.165) is 10.0 Å². The smallest absolute Gasteiger partial charge is 0.140 e.